The molecular formula is C10H11F2N3O. The molecule has 16 heavy (non-hydrogen) atoms. The van der Waals surface area contributed by atoms with E-state index in [9.17, 15) is 13.6 Å². The van der Waals surface area contributed by atoms with Crippen molar-refractivity contribution in [1.82, 2.24) is 10.2 Å². The Morgan fingerprint density at radius 3 is 2.88 bits per heavy atom. The maximum absolute atomic E-state index is 13.8. The number of amides is 1. The minimum absolute atomic E-state index is 0.108. The Bertz CT molecular complexity index is 469. The lowest BCUT2D eigenvalue weighted by Crippen LogP contribution is -2.31. The Labute approximate surface area is 90.4 Å². The minimum Gasteiger partial charge on any atom is -0.309 e. The van der Waals surface area contributed by atoms with Crippen LogP contribution in [0.5, 0.6) is 0 Å². The third-order valence-electron chi connectivity index (χ3n) is 3.54. The zero-order valence-corrected chi connectivity index (χ0v) is 8.68. The standard InChI is InChI=1S/C10H11F2N3O/c1-4(16)13-9-7-5-2-3-6(5)10(11,12)8(7)14-15-9/h5-6H,2-3H2,1H3,(H2,13,14,15,16). The fourth-order valence-corrected chi connectivity index (χ4v) is 2.69. The molecule has 0 aliphatic heterocycles. The normalized spacial score (nSPS) is 29.2. The highest BCUT2D eigenvalue weighted by Gasteiger charge is 2.60. The highest BCUT2D eigenvalue weighted by Crippen LogP contribution is 2.62. The van der Waals surface area contributed by atoms with Crippen molar-refractivity contribution in [3.05, 3.63) is 11.3 Å². The van der Waals surface area contributed by atoms with Gasteiger partial charge in [-0.1, -0.05) is 0 Å². The van der Waals surface area contributed by atoms with Crippen LogP contribution in [0.2, 0.25) is 0 Å². The first kappa shape index (κ1) is 9.74. The Morgan fingerprint density at radius 1 is 1.56 bits per heavy atom. The Hall–Kier alpha value is -1.46. The van der Waals surface area contributed by atoms with Crippen LogP contribution >= 0.6 is 0 Å². The lowest BCUT2D eigenvalue weighted by atomic mass is 9.73. The molecule has 2 N–H and O–H groups in total. The summed E-state index contributed by atoms with van der Waals surface area (Å²) in [6, 6.07) is 0. The summed E-state index contributed by atoms with van der Waals surface area (Å²) in [6.07, 6.45) is 1.29. The quantitative estimate of drug-likeness (QED) is 0.770. The Morgan fingerprint density at radius 2 is 2.31 bits per heavy atom. The van der Waals surface area contributed by atoms with Gasteiger partial charge in [-0.2, -0.15) is 13.9 Å². The number of hydrogen-bond donors (Lipinski definition) is 2. The third kappa shape index (κ3) is 1.02. The van der Waals surface area contributed by atoms with Gasteiger partial charge in [0.25, 0.3) is 5.92 Å². The number of rotatable bonds is 1. The molecule has 2 unspecified atom stereocenters. The molecule has 0 radical (unpaired) electrons. The number of H-pyrrole nitrogens is 1. The number of anilines is 1. The average molecular weight is 227 g/mol. The van der Waals surface area contributed by atoms with Gasteiger partial charge in [-0.15, -0.1) is 0 Å². The van der Waals surface area contributed by atoms with E-state index in [1.165, 1.54) is 6.92 Å². The van der Waals surface area contributed by atoms with Gasteiger partial charge >= 0.3 is 0 Å². The van der Waals surface area contributed by atoms with Crippen LogP contribution < -0.4 is 5.32 Å². The number of aromatic amines is 1. The smallest absolute Gasteiger partial charge is 0.292 e. The predicted molar refractivity (Wildman–Crippen MR) is 52.3 cm³/mol. The molecule has 3 rings (SSSR count). The number of carbonyl (C=O) groups is 1. The second-order valence-corrected chi connectivity index (χ2v) is 4.46. The van der Waals surface area contributed by atoms with Crippen molar-refractivity contribution >= 4 is 11.7 Å². The number of alkyl halides is 2. The first-order valence-corrected chi connectivity index (χ1v) is 5.26. The first-order chi connectivity index (χ1) is 7.51. The summed E-state index contributed by atoms with van der Waals surface area (Å²) in [5, 5.41) is 8.62. The lowest BCUT2D eigenvalue weighted by Gasteiger charge is -2.33. The van der Waals surface area contributed by atoms with Gasteiger partial charge in [0.1, 0.15) is 5.69 Å². The van der Waals surface area contributed by atoms with Crippen LogP contribution in [0, 0.1) is 5.92 Å². The molecule has 4 nitrogen and oxygen atoms in total. The largest absolute Gasteiger partial charge is 0.309 e. The van der Waals surface area contributed by atoms with E-state index < -0.39 is 11.8 Å². The minimum atomic E-state index is -2.82. The van der Waals surface area contributed by atoms with Crippen molar-refractivity contribution < 1.29 is 13.6 Å². The van der Waals surface area contributed by atoms with Crippen molar-refractivity contribution in [3.63, 3.8) is 0 Å². The number of hydrogen-bond acceptors (Lipinski definition) is 2. The molecule has 1 fully saturated rings. The second-order valence-electron chi connectivity index (χ2n) is 4.46. The lowest BCUT2D eigenvalue weighted by molar-refractivity contribution is -0.114. The van der Waals surface area contributed by atoms with E-state index in [4.69, 9.17) is 0 Å². The molecule has 2 atom stereocenters. The number of fused-ring (bicyclic) bond motifs is 3. The van der Waals surface area contributed by atoms with Crippen molar-refractivity contribution in [2.45, 2.75) is 31.6 Å². The molecule has 86 valence electrons. The van der Waals surface area contributed by atoms with Gasteiger partial charge in [0.15, 0.2) is 5.82 Å². The zero-order chi connectivity index (χ0) is 11.5. The molecule has 1 saturated carbocycles. The number of carbonyl (C=O) groups excluding carboxylic acids is 1. The van der Waals surface area contributed by atoms with E-state index >= 15 is 0 Å². The molecule has 1 amide bonds. The molecule has 1 aromatic rings. The van der Waals surface area contributed by atoms with Crippen molar-refractivity contribution in [1.29, 1.82) is 0 Å². The SMILES string of the molecule is CC(=O)Nc1n[nH]c2c1C1CCC1C2(F)F. The number of nitrogens with zero attached hydrogens (tertiary/aromatic N) is 1. The van der Waals surface area contributed by atoms with Crippen molar-refractivity contribution in [2.24, 2.45) is 5.92 Å². The molecule has 2 aliphatic carbocycles. The maximum atomic E-state index is 13.8. The van der Waals surface area contributed by atoms with Crippen LogP contribution in [-0.2, 0) is 10.7 Å². The number of aromatic nitrogens is 2. The zero-order valence-electron chi connectivity index (χ0n) is 8.68. The average Bonchev–Trinajstić information content (AvgIpc) is 2.51. The van der Waals surface area contributed by atoms with Gasteiger partial charge in [-0.3, -0.25) is 9.89 Å². The molecule has 6 heteroatoms. The van der Waals surface area contributed by atoms with Gasteiger partial charge in [0, 0.05) is 18.4 Å². The number of nitrogens with one attached hydrogen (secondary N) is 2. The van der Waals surface area contributed by atoms with Crippen molar-refractivity contribution in [3.8, 4) is 0 Å². The van der Waals surface area contributed by atoms with Crippen LogP contribution in [-0.4, -0.2) is 16.1 Å². The third-order valence-corrected chi connectivity index (χ3v) is 3.54. The van der Waals surface area contributed by atoms with Gasteiger partial charge < -0.3 is 5.32 Å². The summed E-state index contributed by atoms with van der Waals surface area (Å²) in [4.78, 5) is 10.9. The van der Waals surface area contributed by atoms with Crippen LogP contribution in [0.1, 0.15) is 36.9 Å². The van der Waals surface area contributed by atoms with Gasteiger partial charge in [-0.05, 0) is 18.8 Å². The Balaban J connectivity index is 2.06. The van der Waals surface area contributed by atoms with Crippen molar-refractivity contribution in [2.75, 3.05) is 5.32 Å². The Kier molecular flexibility index (Phi) is 1.71. The van der Waals surface area contributed by atoms with E-state index in [2.05, 4.69) is 15.5 Å². The fraction of sp³-hybridized carbons (Fsp3) is 0.600. The van der Waals surface area contributed by atoms with Crippen LogP contribution in [0.25, 0.3) is 0 Å². The van der Waals surface area contributed by atoms with Crippen LogP contribution in [0.15, 0.2) is 0 Å². The first-order valence-electron chi connectivity index (χ1n) is 5.26. The summed E-state index contributed by atoms with van der Waals surface area (Å²) in [7, 11) is 0. The monoisotopic (exact) mass is 227 g/mol. The highest BCUT2D eigenvalue weighted by atomic mass is 19.3. The highest BCUT2D eigenvalue weighted by molar-refractivity contribution is 5.88. The molecule has 0 saturated heterocycles. The maximum Gasteiger partial charge on any atom is 0.292 e. The van der Waals surface area contributed by atoms with Gasteiger partial charge in [0.2, 0.25) is 5.91 Å². The molecule has 0 spiro atoms. The van der Waals surface area contributed by atoms with E-state index in [1.54, 1.807) is 0 Å². The predicted octanol–water partition coefficient (Wildman–Crippen LogP) is 1.97. The van der Waals surface area contributed by atoms with Gasteiger partial charge in [-0.25, -0.2) is 0 Å². The summed E-state index contributed by atoms with van der Waals surface area (Å²) in [5.74, 6) is -3.59. The summed E-state index contributed by atoms with van der Waals surface area (Å²) in [6.45, 7) is 1.34. The summed E-state index contributed by atoms with van der Waals surface area (Å²) >= 11 is 0. The van der Waals surface area contributed by atoms with E-state index in [1.807, 2.05) is 0 Å². The number of halogens is 2. The summed E-state index contributed by atoms with van der Waals surface area (Å²) < 4.78 is 27.6. The second kappa shape index (κ2) is 2.81. The van der Waals surface area contributed by atoms with E-state index in [0.29, 0.717) is 12.0 Å². The van der Waals surface area contributed by atoms with Gasteiger partial charge in [0.05, 0.1) is 0 Å². The molecular weight excluding hydrogens is 216 g/mol. The summed E-state index contributed by atoms with van der Waals surface area (Å²) in [5.41, 5.74) is 0.403. The molecule has 1 aromatic heterocycles. The van der Waals surface area contributed by atoms with E-state index in [0.717, 1.165) is 6.42 Å². The molecule has 1 heterocycles. The fourth-order valence-electron chi connectivity index (χ4n) is 2.69. The molecule has 0 aromatic carbocycles. The van der Waals surface area contributed by atoms with E-state index in [-0.39, 0.29) is 23.3 Å². The van der Waals surface area contributed by atoms with Crippen LogP contribution in [0.4, 0.5) is 14.6 Å². The van der Waals surface area contributed by atoms with Crippen LogP contribution in [0.3, 0.4) is 0 Å². The topological polar surface area (TPSA) is 57.8 Å². The molecule has 2 aliphatic rings. The molecule has 0 bridgehead atoms.